The van der Waals surface area contributed by atoms with Crippen LogP contribution < -0.4 is 0 Å². The number of hydrogen-bond acceptors (Lipinski definition) is 1. The summed E-state index contributed by atoms with van der Waals surface area (Å²) in [5, 5.41) is 0. The number of unbranched alkanes of at least 4 members (excludes halogenated alkanes) is 8. The van der Waals surface area contributed by atoms with Crippen LogP contribution in [-0.4, -0.2) is 5.78 Å². The number of terminal acetylenes is 1. The van der Waals surface area contributed by atoms with Gasteiger partial charge in [0.15, 0.2) is 0 Å². The first-order chi connectivity index (χ1) is 8.31. The molecule has 0 fully saturated rings. The van der Waals surface area contributed by atoms with Crippen LogP contribution in [0.25, 0.3) is 0 Å². The van der Waals surface area contributed by atoms with Gasteiger partial charge in [0.25, 0.3) is 0 Å². The SMILES string of the molecule is C#CCCCC(=O)CCCCCCCCCC. The molecule has 98 valence electrons. The van der Waals surface area contributed by atoms with Crippen LogP contribution in [0, 0.1) is 12.3 Å². The molecule has 17 heavy (non-hydrogen) atoms. The quantitative estimate of drug-likeness (QED) is 0.348. The van der Waals surface area contributed by atoms with Crippen molar-refractivity contribution in [2.45, 2.75) is 84.0 Å². The second kappa shape index (κ2) is 13.3. The monoisotopic (exact) mass is 236 g/mol. The topological polar surface area (TPSA) is 17.1 Å². The first kappa shape index (κ1) is 16.2. The molecule has 0 aromatic carbocycles. The second-order valence-corrected chi connectivity index (χ2v) is 4.82. The third-order valence-electron chi connectivity index (χ3n) is 3.09. The summed E-state index contributed by atoms with van der Waals surface area (Å²) in [6.07, 6.45) is 18.5. The number of Topliss-reactive ketones (excluding diaryl/α,β-unsaturated/α-hetero) is 1. The Hall–Kier alpha value is -0.770. The smallest absolute Gasteiger partial charge is 0.132 e. The normalized spacial score (nSPS) is 10.1. The zero-order valence-corrected chi connectivity index (χ0v) is 11.5. The van der Waals surface area contributed by atoms with Gasteiger partial charge in [0.1, 0.15) is 5.78 Å². The molecule has 1 nitrogen and oxygen atoms in total. The Bertz CT molecular complexity index is 212. The molecule has 0 aliphatic rings. The lowest BCUT2D eigenvalue weighted by Crippen LogP contribution is -1.97. The number of carbonyl (C=O) groups is 1. The van der Waals surface area contributed by atoms with E-state index in [4.69, 9.17) is 6.42 Å². The van der Waals surface area contributed by atoms with Crippen molar-refractivity contribution in [2.75, 3.05) is 0 Å². The van der Waals surface area contributed by atoms with Crippen LogP contribution in [0.5, 0.6) is 0 Å². The predicted octanol–water partition coefficient (Wildman–Crippen LogP) is 4.89. The molecule has 0 amide bonds. The van der Waals surface area contributed by atoms with Gasteiger partial charge in [-0.2, -0.15) is 0 Å². The summed E-state index contributed by atoms with van der Waals surface area (Å²) < 4.78 is 0. The Morgan fingerprint density at radius 2 is 1.41 bits per heavy atom. The van der Waals surface area contributed by atoms with E-state index in [1.54, 1.807) is 0 Å². The van der Waals surface area contributed by atoms with E-state index in [-0.39, 0.29) is 0 Å². The van der Waals surface area contributed by atoms with E-state index in [0.29, 0.717) is 12.2 Å². The van der Waals surface area contributed by atoms with Crippen molar-refractivity contribution in [1.82, 2.24) is 0 Å². The maximum absolute atomic E-state index is 11.4. The van der Waals surface area contributed by atoms with Crippen molar-refractivity contribution in [3.05, 3.63) is 0 Å². The fourth-order valence-electron chi connectivity index (χ4n) is 1.97. The van der Waals surface area contributed by atoms with E-state index in [1.807, 2.05) is 0 Å². The zero-order chi connectivity index (χ0) is 12.8. The van der Waals surface area contributed by atoms with Gasteiger partial charge in [-0.15, -0.1) is 12.3 Å². The molecular weight excluding hydrogens is 208 g/mol. The Kier molecular flexibility index (Phi) is 12.7. The van der Waals surface area contributed by atoms with Gasteiger partial charge in [-0.3, -0.25) is 4.79 Å². The van der Waals surface area contributed by atoms with E-state index >= 15 is 0 Å². The van der Waals surface area contributed by atoms with Crippen LogP contribution in [0.1, 0.15) is 84.0 Å². The van der Waals surface area contributed by atoms with Gasteiger partial charge in [-0.1, -0.05) is 51.9 Å². The first-order valence-electron chi connectivity index (χ1n) is 7.26. The second-order valence-electron chi connectivity index (χ2n) is 4.82. The average molecular weight is 236 g/mol. The molecule has 0 bridgehead atoms. The summed E-state index contributed by atoms with van der Waals surface area (Å²) in [4.78, 5) is 11.4. The highest BCUT2D eigenvalue weighted by Crippen LogP contribution is 2.10. The largest absolute Gasteiger partial charge is 0.300 e. The molecule has 0 aliphatic carbocycles. The van der Waals surface area contributed by atoms with Crippen molar-refractivity contribution in [3.63, 3.8) is 0 Å². The summed E-state index contributed by atoms with van der Waals surface area (Å²) in [5.41, 5.74) is 0. The molecular formula is C16H28O. The fraction of sp³-hybridized carbons (Fsp3) is 0.812. The van der Waals surface area contributed by atoms with Gasteiger partial charge in [0, 0.05) is 19.3 Å². The van der Waals surface area contributed by atoms with E-state index in [0.717, 1.165) is 25.7 Å². The number of ketones is 1. The van der Waals surface area contributed by atoms with E-state index in [2.05, 4.69) is 12.8 Å². The summed E-state index contributed by atoms with van der Waals surface area (Å²) in [6.45, 7) is 2.24. The van der Waals surface area contributed by atoms with Crippen molar-refractivity contribution in [1.29, 1.82) is 0 Å². The summed E-state index contributed by atoms with van der Waals surface area (Å²) in [5.74, 6) is 2.97. The van der Waals surface area contributed by atoms with E-state index in [9.17, 15) is 4.79 Å². The molecule has 0 aromatic rings. The lowest BCUT2D eigenvalue weighted by atomic mass is 10.0. The molecule has 0 rings (SSSR count). The van der Waals surface area contributed by atoms with Crippen molar-refractivity contribution < 1.29 is 4.79 Å². The molecule has 0 aromatic heterocycles. The Morgan fingerprint density at radius 3 is 2.00 bits per heavy atom. The fourth-order valence-corrected chi connectivity index (χ4v) is 1.97. The first-order valence-corrected chi connectivity index (χ1v) is 7.26. The molecule has 0 heterocycles. The molecule has 0 radical (unpaired) electrons. The van der Waals surface area contributed by atoms with Crippen LogP contribution in [0.3, 0.4) is 0 Å². The van der Waals surface area contributed by atoms with Gasteiger partial charge in [0.05, 0.1) is 0 Å². The number of hydrogen-bond donors (Lipinski definition) is 0. The number of carbonyl (C=O) groups excluding carboxylic acids is 1. The zero-order valence-electron chi connectivity index (χ0n) is 11.5. The van der Waals surface area contributed by atoms with E-state index < -0.39 is 0 Å². The van der Waals surface area contributed by atoms with E-state index in [1.165, 1.54) is 44.9 Å². The summed E-state index contributed by atoms with van der Waals surface area (Å²) in [6, 6.07) is 0. The van der Waals surface area contributed by atoms with Gasteiger partial charge in [0.2, 0.25) is 0 Å². The average Bonchev–Trinajstić information content (AvgIpc) is 2.33. The van der Waals surface area contributed by atoms with Crippen LogP contribution in [0.15, 0.2) is 0 Å². The summed E-state index contributed by atoms with van der Waals surface area (Å²) in [7, 11) is 0. The lowest BCUT2D eigenvalue weighted by Gasteiger charge is -2.01. The minimum absolute atomic E-state index is 0.395. The van der Waals surface area contributed by atoms with Crippen molar-refractivity contribution >= 4 is 5.78 Å². The van der Waals surface area contributed by atoms with Crippen molar-refractivity contribution in [2.24, 2.45) is 0 Å². The van der Waals surface area contributed by atoms with Gasteiger partial charge >= 0.3 is 0 Å². The van der Waals surface area contributed by atoms with Crippen LogP contribution in [0.4, 0.5) is 0 Å². The molecule has 1 heteroatoms. The molecule has 0 aliphatic heterocycles. The maximum Gasteiger partial charge on any atom is 0.132 e. The molecule has 0 atom stereocenters. The van der Waals surface area contributed by atoms with Gasteiger partial charge in [-0.25, -0.2) is 0 Å². The third kappa shape index (κ3) is 13.2. The maximum atomic E-state index is 11.4. The Labute approximate surface area is 107 Å². The molecule has 0 unspecified atom stereocenters. The molecule has 0 N–H and O–H groups in total. The standard InChI is InChI=1S/C16H28O/c1-3-5-7-8-9-10-11-13-15-16(17)14-12-6-4-2/h2H,3,5-15H2,1H3. The van der Waals surface area contributed by atoms with Crippen LogP contribution >= 0.6 is 0 Å². The lowest BCUT2D eigenvalue weighted by molar-refractivity contribution is -0.119. The highest BCUT2D eigenvalue weighted by atomic mass is 16.1. The molecule has 0 spiro atoms. The third-order valence-corrected chi connectivity index (χ3v) is 3.09. The summed E-state index contributed by atoms with van der Waals surface area (Å²) >= 11 is 0. The highest BCUT2D eigenvalue weighted by molar-refractivity contribution is 5.78. The Morgan fingerprint density at radius 1 is 0.882 bits per heavy atom. The van der Waals surface area contributed by atoms with Crippen LogP contribution in [0.2, 0.25) is 0 Å². The van der Waals surface area contributed by atoms with Crippen LogP contribution in [-0.2, 0) is 4.79 Å². The highest BCUT2D eigenvalue weighted by Gasteiger charge is 2.00. The Balaban J connectivity index is 3.11. The predicted molar refractivity (Wildman–Crippen MR) is 74.9 cm³/mol. The minimum atomic E-state index is 0.395. The molecule has 0 saturated carbocycles. The van der Waals surface area contributed by atoms with Crippen molar-refractivity contribution in [3.8, 4) is 12.3 Å². The van der Waals surface area contributed by atoms with Gasteiger partial charge in [-0.05, 0) is 12.8 Å². The molecule has 0 saturated heterocycles. The number of rotatable bonds is 12. The minimum Gasteiger partial charge on any atom is -0.300 e. The van der Waals surface area contributed by atoms with Gasteiger partial charge < -0.3 is 0 Å².